The summed E-state index contributed by atoms with van der Waals surface area (Å²) < 4.78 is 0. The van der Waals surface area contributed by atoms with Crippen LogP contribution in [0.15, 0.2) is 0 Å². The first kappa shape index (κ1) is 15.7. The number of hydrogen-bond donors (Lipinski definition) is 4. The van der Waals surface area contributed by atoms with E-state index < -0.39 is 11.7 Å². The molecule has 74 valence electrons. The molecule has 0 aliphatic rings. The second-order valence-corrected chi connectivity index (χ2v) is 3.26. The van der Waals surface area contributed by atoms with Crippen molar-refractivity contribution in [3.05, 3.63) is 0 Å². The van der Waals surface area contributed by atoms with Crippen LogP contribution in [0.3, 0.4) is 0 Å². The maximum atomic E-state index is 10.5. The van der Waals surface area contributed by atoms with Gasteiger partial charge in [-0.25, -0.2) is 4.79 Å². The first-order valence-corrected chi connectivity index (χ1v) is 4.59. The molecule has 0 fully saturated rings. The van der Waals surface area contributed by atoms with Crippen LogP contribution < -0.4 is 11.7 Å². The molecule has 6 nitrogen and oxygen atoms in total. The minimum absolute atomic E-state index is 0. The van der Waals surface area contributed by atoms with Gasteiger partial charge in [0.05, 0.1) is 0 Å². The molecule has 0 aromatic heterocycles. The van der Waals surface area contributed by atoms with E-state index in [9.17, 15) is 9.90 Å². The first-order valence-electron chi connectivity index (χ1n) is 3.19. The van der Waals surface area contributed by atoms with Crippen LogP contribution in [0.4, 0.5) is 0 Å². The summed E-state index contributed by atoms with van der Waals surface area (Å²) in [5.74, 6) is 8.99. The summed E-state index contributed by atoms with van der Waals surface area (Å²) in [5, 5.41) is 18.2. The second kappa shape index (κ2) is 6.70. The fourth-order valence-corrected chi connectivity index (χ4v) is 1.08. The quantitative estimate of drug-likeness (QED) is 0.207. The van der Waals surface area contributed by atoms with Crippen LogP contribution >= 0.6 is 11.8 Å². The smallest absolute Gasteiger partial charge is 0.354 e. The maximum absolute atomic E-state index is 10.5. The molecule has 0 spiro atoms. The molecule has 0 aromatic rings. The van der Waals surface area contributed by atoms with Crippen LogP contribution in [0.2, 0.25) is 0 Å². The van der Waals surface area contributed by atoms with Gasteiger partial charge in [0.15, 0.2) is 0 Å². The van der Waals surface area contributed by atoms with Crippen molar-refractivity contribution in [3.8, 4) is 0 Å². The monoisotopic (exact) mass is 259 g/mol. The SMILES string of the molecule is CSCCC(O)(C(=O)O)N(N)N.[Zn]. The molecule has 6 N–H and O–H groups in total. The number of carbonyl (C=O) groups is 1. The predicted octanol–water partition coefficient (Wildman–Crippen LogP) is -1.44. The van der Waals surface area contributed by atoms with E-state index in [1.807, 2.05) is 0 Å². The molecule has 0 radical (unpaired) electrons. The Kier molecular flexibility index (Phi) is 8.11. The molecular weight excluding hydrogens is 248 g/mol. The summed E-state index contributed by atoms with van der Waals surface area (Å²) in [5.41, 5.74) is -2.16. The van der Waals surface area contributed by atoms with E-state index in [2.05, 4.69) is 0 Å². The largest absolute Gasteiger partial charge is 0.478 e. The molecule has 0 amide bonds. The van der Waals surface area contributed by atoms with Crippen LogP contribution in [0.25, 0.3) is 0 Å². The Bertz CT molecular complexity index is 171. The van der Waals surface area contributed by atoms with Crippen molar-refractivity contribution in [3.63, 3.8) is 0 Å². The fraction of sp³-hybridized carbons (Fsp3) is 0.800. The number of rotatable bonds is 5. The summed E-state index contributed by atoms with van der Waals surface area (Å²) in [6.45, 7) is 0. The average molecular weight is 261 g/mol. The van der Waals surface area contributed by atoms with Crippen molar-refractivity contribution in [2.75, 3.05) is 12.0 Å². The van der Waals surface area contributed by atoms with Crippen molar-refractivity contribution in [2.24, 2.45) is 11.7 Å². The van der Waals surface area contributed by atoms with Crippen molar-refractivity contribution in [1.82, 2.24) is 5.12 Å². The number of hydrazine groups is 2. The Morgan fingerprint density at radius 1 is 1.62 bits per heavy atom. The third-order valence-corrected chi connectivity index (χ3v) is 2.04. The number of nitrogens with two attached hydrogens (primary N) is 2. The van der Waals surface area contributed by atoms with Gasteiger partial charge in [-0.1, -0.05) is 0 Å². The van der Waals surface area contributed by atoms with Crippen LogP contribution in [0, 0.1) is 0 Å². The van der Waals surface area contributed by atoms with Gasteiger partial charge in [0, 0.05) is 25.9 Å². The van der Waals surface area contributed by atoms with Gasteiger partial charge in [-0.15, -0.1) is 5.12 Å². The van der Waals surface area contributed by atoms with Crippen molar-refractivity contribution in [1.29, 1.82) is 0 Å². The number of nitrogens with zero attached hydrogens (tertiary/aromatic N) is 1. The Labute approximate surface area is 93.3 Å². The van der Waals surface area contributed by atoms with E-state index in [4.69, 9.17) is 16.8 Å². The number of carboxylic acids is 1. The molecule has 1 unspecified atom stereocenters. The van der Waals surface area contributed by atoms with E-state index in [0.717, 1.165) is 0 Å². The second-order valence-electron chi connectivity index (χ2n) is 2.27. The zero-order chi connectivity index (χ0) is 9.78. The van der Waals surface area contributed by atoms with E-state index in [1.54, 1.807) is 6.26 Å². The van der Waals surface area contributed by atoms with Crippen molar-refractivity contribution in [2.45, 2.75) is 12.1 Å². The Hall–Kier alpha value is 0.283. The average Bonchev–Trinajstić information content (AvgIpc) is 1.99. The van der Waals surface area contributed by atoms with Gasteiger partial charge in [-0.3, -0.25) is 11.7 Å². The van der Waals surface area contributed by atoms with E-state index in [0.29, 0.717) is 10.9 Å². The van der Waals surface area contributed by atoms with E-state index in [1.165, 1.54) is 11.8 Å². The van der Waals surface area contributed by atoms with Gasteiger partial charge >= 0.3 is 5.97 Å². The molecule has 1 atom stereocenters. The van der Waals surface area contributed by atoms with Crippen LogP contribution in [-0.2, 0) is 24.3 Å². The molecule has 13 heavy (non-hydrogen) atoms. The molecule has 0 aromatic carbocycles. The molecule has 0 bridgehead atoms. The Morgan fingerprint density at radius 3 is 2.31 bits per heavy atom. The third kappa shape index (κ3) is 4.35. The van der Waals surface area contributed by atoms with Gasteiger partial charge in [0.25, 0.3) is 0 Å². The molecule has 0 aliphatic carbocycles. The van der Waals surface area contributed by atoms with Crippen LogP contribution in [-0.4, -0.2) is 39.0 Å². The molecular formula is C5H13N3O3SZn. The zero-order valence-corrected chi connectivity index (χ0v) is 11.2. The molecule has 0 rings (SSSR count). The number of aliphatic hydroxyl groups is 1. The van der Waals surface area contributed by atoms with Crippen molar-refractivity contribution >= 4 is 17.7 Å². The van der Waals surface area contributed by atoms with Gasteiger partial charge in [-0.05, 0) is 12.0 Å². The van der Waals surface area contributed by atoms with Gasteiger partial charge < -0.3 is 10.2 Å². The molecule has 8 heteroatoms. The number of thioether (sulfide) groups is 1. The third-order valence-electron chi connectivity index (χ3n) is 1.42. The van der Waals surface area contributed by atoms with Gasteiger partial charge in [-0.2, -0.15) is 11.8 Å². The predicted molar refractivity (Wildman–Crippen MR) is 45.8 cm³/mol. The first-order chi connectivity index (χ1) is 5.45. The van der Waals surface area contributed by atoms with Crippen molar-refractivity contribution < 1.29 is 34.5 Å². The van der Waals surface area contributed by atoms with Gasteiger partial charge in [0.1, 0.15) is 0 Å². The normalized spacial score (nSPS) is 14.8. The zero-order valence-electron chi connectivity index (χ0n) is 7.43. The minimum Gasteiger partial charge on any atom is -0.478 e. The summed E-state index contributed by atoms with van der Waals surface area (Å²) in [6.07, 6.45) is 1.77. The summed E-state index contributed by atoms with van der Waals surface area (Å²) in [6, 6.07) is 0. The van der Waals surface area contributed by atoms with E-state index >= 15 is 0 Å². The summed E-state index contributed by atoms with van der Waals surface area (Å²) >= 11 is 1.40. The van der Waals surface area contributed by atoms with Crippen LogP contribution in [0.1, 0.15) is 6.42 Å². The standard InChI is InChI=1S/C5H13N3O3S.Zn/c1-12-3-2-5(11,4(9)10)8(6)7;/h11H,2-3,6-7H2,1H3,(H,9,10);. The topological polar surface area (TPSA) is 113 Å². The summed E-state index contributed by atoms with van der Waals surface area (Å²) in [4.78, 5) is 10.5. The van der Waals surface area contributed by atoms with E-state index in [-0.39, 0.29) is 25.9 Å². The number of carboxylic acid groups (broad SMARTS) is 1. The molecule has 0 heterocycles. The summed E-state index contributed by atoms with van der Waals surface area (Å²) in [7, 11) is 0. The number of hydrogen-bond acceptors (Lipinski definition) is 6. The molecule has 0 aliphatic heterocycles. The maximum Gasteiger partial charge on any atom is 0.354 e. The number of aliphatic carboxylic acids is 1. The van der Waals surface area contributed by atoms with Crippen LogP contribution in [0.5, 0.6) is 0 Å². The molecule has 0 saturated carbocycles. The van der Waals surface area contributed by atoms with Gasteiger partial charge in [0.2, 0.25) is 5.72 Å². The Balaban J connectivity index is 0. The fourth-order valence-electron chi connectivity index (χ4n) is 0.591. The Morgan fingerprint density at radius 2 is 2.08 bits per heavy atom. The minimum atomic E-state index is -2.16. The molecule has 0 saturated heterocycles.